The first-order valence-corrected chi connectivity index (χ1v) is 12.0. The van der Waals surface area contributed by atoms with E-state index in [1.54, 1.807) is 0 Å². The van der Waals surface area contributed by atoms with E-state index in [1.807, 2.05) is 56.3 Å². The average molecular weight is 456 g/mol. The molecule has 1 unspecified atom stereocenters. The van der Waals surface area contributed by atoms with Crippen molar-refractivity contribution < 1.29 is 24.1 Å². The largest absolute Gasteiger partial charge is 0.469 e. The number of pyridine rings is 1. The maximum absolute atomic E-state index is 11.5. The number of esters is 1. The second-order valence-corrected chi connectivity index (χ2v) is 9.13. The van der Waals surface area contributed by atoms with Gasteiger partial charge in [0.15, 0.2) is 5.79 Å². The van der Waals surface area contributed by atoms with E-state index in [0.29, 0.717) is 25.7 Å². The van der Waals surface area contributed by atoms with Crippen molar-refractivity contribution in [3.63, 3.8) is 0 Å². The van der Waals surface area contributed by atoms with Crippen LogP contribution in [0.3, 0.4) is 0 Å². The first kappa shape index (κ1) is 25.3. The van der Waals surface area contributed by atoms with Crippen molar-refractivity contribution in [3.05, 3.63) is 47.7 Å². The molecule has 0 radical (unpaired) electrons. The van der Waals surface area contributed by atoms with Crippen LogP contribution in [-0.2, 0) is 19.0 Å². The second-order valence-electron chi connectivity index (χ2n) is 9.13. The molecule has 180 valence electrons. The van der Waals surface area contributed by atoms with E-state index in [9.17, 15) is 9.90 Å². The number of para-hydroxylation sites is 1. The van der Waals surface area contributed by atoms with Crippen molar-refractivity contribution in [3.8, 4) is 0 Å². The van der Waals surface area contributed by atoms with Gasteiger partial charge < -0.3 is 19.3 Å². The first-order valence-electron chi connectivity index (χ1n) is 12.0. The number of methoxy groups -OCH3 is 1. The number of ether oxygens (including phenoxy) is 3. The summed E-state index contributed by atoms with van der Waals surface area (Å²) < 4.78 is 16.9. The maximum Gasteiger partial charge on any atom is 0.305 e. The highest BCUT2D eigenvalue weighted by Gasteiger charge is 2.39. The van der Waals surface area contributed by atoms with Crippen LogP contribution >= 0.6 is 0 Å². The van der Waals surface area contributed by atoms with Crippen LogP contribution in [0.4, 0.5) is 0 Å². The van der Waals surface area contributed by atoms with Crippen LogP contribution in [0.1, 0.15) is 83.1 Å². The van der Waals surface area contributed by atoms with Crippen molar-refractivity contribution in [2.24, 2.45) is 0 Å². The molecular formula is C27H37NO5. The summed E-state index contributed by atoms with van der Waals surface area (Å²) in [6.07, 6.45) is 8.50. The molecule has 6 heteroatoms. The van der Waals surface area contributed by atoms with Crippen LogP contribution in [-0.4, -0.2) is 41.2 Å². The Labute approximate surface area is 197 Å². The van der Waals surface area contributed by atoms with Gasteiger partial charge in [-0.15, -0.1) is 0 Å². The minimum absolute atomic E-state index is 0.167. The number of hydrogen-bond donors (Lipinski definition) is 1. The van der Waals surface area contributed by atoms with Crippen molar-refractivity contribution in [2.75, 3.05) is 7.11 Å². The SMILES string of the molecule is CCCCCC(O)c1cc2ccccc2nc1/C=C/[C@H]1OC(C)(C)O[C@H]1CCCC(=O)OC. The van der Waals surface area contributed by atoms with Crippen LogP contribution in [0.15, 0.2) is 36.4 Å². The molecule has 0 bridgehead atoms. The lowest BCUT2D eigenvalue weighted by Crippen LogP contribution is -2.21. The molecule has 33 heavy (non-hydrogen) atoms. The standard InChI is InChI=1S/C27H37NO5/c1-5-6-7-13-23(29)20-18-19-11-8-9-12-21(19)28-22(20)16-17-25-24(32-27(2,3)33-25)14-10-15-26(30)31-4/h8-9,11-12,16-18,23-25,29H,5-7,10,13-15H2,1-4H3/b17-16+/t23?,24-,25+/m0/s1. The van der Waals surface area contributed by atoms with Gasteiger partial charge in [-0.2, -0.15) is 0 Å². The summed E-state index contributed by atoms with van der Waals surface area (Å²) in [6, 6.07) is 9.99. The van der Waals surface area contributed by atoms with Gasteiger partial charge in [-0.1, -0.05) is 50.5 Å². The van der Waals surface area contributed by atoms with Crippen LogP contribution in [0.5, 0.6) is 0 Å². The molecule has 0 amide bonds. The topological polar surface area (TPSA) is 77.9 Å². The first-order chi connectivity index (χ1) is 15.8. The number of carbonyl (C=O) groups is 1. The van der Waals surface area contributed by atoms with E-state index in [1.165, 1.54) is 7.11 Å². The fourth-order valence-corrected chi connectivity index (χ4v) is 4.28. The number of carbonyl (C=O) groups excluding carboxylic acids is 1. The zero-order valence-electron chi connectivity index (χ0n) is 20.3. The van der Waals surface area contributed by atoms with Crippen molar-refractivity contribution in [1.29, 1.82) is 0 Å². The van der Waals surface area contributed by atoms with E-state index in [0.717, 1.165) is 41.4 Å². The quantitative estimate of drug-likeness (QED) is 0.345. The lowest BCUT2D eigenvalue weighted by molar-refractivity contribution is -0.144. The number of fused-ring (bicyclic) bond motifs is 1. The number of unbranched alkanes of at least 4 members (excludes halogenated alkanes) is 2. The highest BCUT2D eigenvalue weighted by molar-refractivity contribution is 5.81. The summed E-state index contributed by atoms with van der Waals surface area (Å²) in [6.45, 7) is 5.95. The zero-order valence-corrected chi connectivity index (χ0v) is 20.3. The average Bonchev–Trinajstić information content (AvgIpc) is 3.10. The normalized spacial score (nSPS) is 21.0. The molecule has 1 N–H and O–H groups in total. The number of nitrogens with zero attached hydrogens (tertiary/aromatic N) is 1. The Balaban J connectivity index is 1.82. The number of rotatable bonds is 11. The molecule has 1 aliphatic heterocycles. The molecule has 2 heterocycles. The monoisotopic (exact) mass is 455 g/mol. The summed E-state index contributed by atoms with van der Waals surface area (Å²) in [5, 5.41) is 11.9. The van der Waals surface area contributed by atoms with Gasteiger partial charge in [-0.05, 0) is 51.3 Å². The van der Waals surface area contributed by atoms with E-state index >= 15 is 0 Å². The summed E-state index contributed by atoms with van der Waals surface area (Å²) in [7, 11) is 1.40. The Morgan fingerprint density at radius 1 is 1.24 bits per heavy atom. The number of aromatic nitrogens is 1. The van der Waals surface area contributed by atoms with Gasteiger partial charge in [0.1, 0.15) is 6.10 Å². The van der Waals surface area contributed by atoms with Gasteiger partial charge in [0.25, 0.3) is 0 Å². The van der Waals surface area contributed by atoms with E-state index in [4.69, 9.17) is 19.2 Å². The predicted octanol–water partition coefficient (Wildman–Crippen LogP) is 5.73. The van der Waals surface area contributed by atoms with Gasteiger partial charge in [0.05, 0.1) is 30.5 Å². The molecule has 1 saturated heterocycles. The van der Waals surface area contributed by atoms with E-state index in [2.05, 4.69) is 6.92 Å². The van der Waals surface area contributed by atoms with E-state index in [-0.39, 0.29) is 18.2 Å². The molecule has 0 spiro atoms. The lowest BCUT2D eigenvalue weighted by Gasteiger charge is -2.16. The summed E-state index contributed by atoms with van der Waals surface area (Å²) in [5.74, 6) is -0.924. The molecule has 1 aliphatic rings. The van der Waals surface area contributed by atoms with Crippen LogP contribution < -0.4 is 0 Å². The molecule has 1 aromatic carbocycles. The molecule has 0 aliphatic carbocycles. The highest BCUT2D eigenvalue weighted by Crippen LogP contribution is 2.33. The Bertz CT molecular complexity index is 955. The minimum atomic E-state index is -0.704. The summed E-state index contributed by atoms with van der Waals surface area (Å²) in [5.41, 5.74) is 2.47. The third-order valence-electron chi connectivity index (χ3n) is 5.99. The van der Waals surface area contributed by atoms with Crippen LogP contribution in [0, 0.1) is 0 Å². The molecule has 0 saturated carbocycles. The highest BCUT2D eigenvalue weighted by atomic mass is 16.7. The molecule has 3 rings (SSSR count). The molecule has 1 fully saturated rings. The Hall–Kier alpha value is -2.28. The smallest absolute Gasteiger partial charge is 0.305 e. The van der Waals surface area contributed by atoms with Crippen molar-refractivity contribution in [1.82, 2.24) is 4.98 Å². The Morgan fingerprint density at radius 3 is 2.79 bits per heavy atom. The molecular weight excluding hydrogens is 418 g/mol. The maximum atomic E-state index is 11.5. The number of benzene rings is 1. The van der Waals surface area contributed by atoms with Crippen molar-refractivity contribution in [2.45, 2.75) is 89.8 Å². The van der Waals surface area contributed by atoms with Gasteiger partial charge >= 0.3 is 5.97 Å². The summed E-state index contributed by atoms with van der Waals surface area (Å²) in [4.78, 5) is 16.3. The summed E-state index contributed by atoms with van der Waals surface area (Å²) >= 11 is 0. The zero-order chi connectivity index (χ0) is 23.8. The number of aliphatic hydroxyl groups excluding tert-OH is 1. The van der Waals surface area contributed by atoms with Crippen LogP contribution in [0.2, 0.25) is 0 Å². The molecule has 1 aromatic heterocycles. The second kappa shape index (κ2) is 11.7. The minimum Gasteiger partial charge on any atom is -0.469 e. The third-order valence-corrected chi connectivity index (χ3v) is 5.99. The van der Waals surface area contributed by atoms with E-state index < -0.39 is 11.9 Å². The fraction of sp³-hybridized carbons (Fsp3) is 0.556. The Morgan fingerprint density at radius 2 is 2.03 bits per heavy atom. The van der Waals surface area contributed by atoms with Gasteiger partial charge in [0.2, 0.25) is 0 Å². The lowest BCUT2D eigenvalue weighted by atomic mass is 9.98. The van der Waals surface area contributed by atoms with Crippen LogP contribution in [0.25, 0.3) is 17.0 Å². The number of aliphatic hydroxyl groups is 1. The van der Waals surface area contributed by atoms with Crippen molar-refractivity contribution >= 4 is 22.9 Å². The molecule has 6 nitrogen and oxygen atoms in total. The predicted molar refractivity (Wildman–Crippen MR) is 130 cm³/mol. The molecule has 3 atom stereocenters. The van der Waals surface area contributed by atoms with Gasteiger partial charge in [0, 0.05) is 17.4 Å². The fourth-order valence-electron chi connectivity index (χ4n) is 4.28. The Kier molecular flexibility index (Phi) is 9.01. The van der Waals surface area contributed by atoms with Gasteiger partial charge in [-0.3, -0.25) is 4.79 Å². The third kappa shape index (κ3) is 7.10. The van der Waals surface area contributed by atoms with Gasteiger partial charge in [-0.25, -0.2) is 4.98 Å². The molecule has 2 aromatic rings. The number of hydrogen-bond acceptors (Lipinski definition) is 6.